The van der Waals surface area contributed by atoms with Crippen LogP contribution < -0.4 is 14.8 Å². The van der Waals surface area contributed by atoms with Crippen molar-refractivity contribution in [3.63, 3.8) is 0 Å². The van der Waals surface area contributed by atoms with Crippen molar-refractivity contribution in [1.29, 1.82) is 0 Å². The molecule has 174 valence electrons. The molecule has 2 aliphatic carbocycles. The van der Waals surface area contributed by atoms with Gasteiger partial charge in [-0.3, -0.25) is 9.69 Å². The first kappa shape index (κ1) is 21.0. The fraction of sp³-hybridized carbons (Fsp3) is 0.519. The van der Waals surface area contributed by atoms with Gasteiger partial charge in [0, 0.05) is 31.1 Å². The Morgan fingerprint density at radius 3 is 2.48 bits per heavy atom. The van der Waals surface area contributed by atoms with E-state index in [0.717, 1.165) is 55.8 Å². The Kier molecular flexibility index (Phi) is 5.11. The molecule has 1 saturated heterocycles. The quantitative estimate of drug-likeness (QED) is 0.707. The Morgan fingerprint density at radius 2 is 1.76 bits per heavy atom. The van der Waals surface area contributed by atoms with Gasteiger partial charge in [0.05, 0.1) is 0 Å². The highest BCUT2D eigenvalue weighted by Crippen LogP contribution is 2.49. The molecule has 2 aromatic carbocycles. The minimum atomic E-state index is -1.44. The van der Waals surface area contributed by atoms with E-state index in [0.29, 0.717) is 18.6 Å². The molecule has 33 heavy (non-hydrogen) atoms. The molecule has 2 aromatic rings. The molecule has 2 N–H and O–H groups in total. The number of likely N-dealkylation sites (tertiary alicyclic amines) is 1. The predicted molar refractivity (Wildman–Crippen MR) is 124 cm³/mol. The number of carbonyl (C=O) groups excluding carboxylic acids is 1. The SMILES string of the molecule is CC(c1ccc2c(c1)OCO2)N1CC2C(NC(=O)C(O)(c3ccccc3)C3CCCC3)[C@@H]2C1. The van der Waals surface area contributed by atoms with E-state index in [4.69, 9.17) is 9.47 Å². The number of rotatable bonds is 6. The van der Waals surface area contributed by atoms with Gasteiger partial charge in [-0.05, 0) is 54.9 Å². The summed E-state index contributed by atoms with van der Waals surface area (Å²) in [5, 5.41) is 15.0. The molecule has 2 saturated carbocycles. The number of amides is 1. The van der Waals surface area contributed by atoms with Gasteiger partial charge in [-0.25, -0.2) is 0 Å². The number of aliphatic hydroxyl groups is 1. The van der Waals surface area contributed by atoms with Crippen molar-refractivity contribution >= 4 is 5.91 Å². The lowest BCUT2D eigenvalue weighted by atomic mass is 9.79. The van der Waals surface area contributed by atoms with Crippen molar-refractivity contribution < 1.29 is 19.4 Å². The first-order chi connectivity index (χ1) is 16.1. The average molecular weight is 449 g/mol. The molecule has 6 heteroatoms. The Bertz CT molecular complexity index is 1030. The van der Waals surface area contributed by atoms with Crippen molar-refractivity contribution in [3.8, 4) is 11.5 Å². The summed E-state index contributed by atoms with van der Waals surface area (Å²) in [6.07, 6.45) is 3.96. The van der Waals surface area contributed by atoms with Crippen molar-refractivity contribution in [3.05, 3.63) is 59.7 Å². The summed E-state index contributed by atoms with van der Waals surface area (Å²) in [7, 11) is 0. The summed E-state index contributed by atoms with van der Waals surface area (Å²) >= 11 is 0. The second-order valence-corrected chi connectivity index (χ2v) is 10.2. The van der Waals surface area contributed by atoms with Crippen molar-refractivity contribution in [2.75, 3.05) is 19.9 Å². The molecule has 6 rings (SSSR count). The standard InChI is InChI=1S/C27H32N2O4/c1-17(18-11-12-23-24(13-18)33-16-32-23)29-14-21-22(15-29)25(21)28-26(30)27(31,20-9-5-6-10-20)19-7-3-2-4-8-19/h2-4,7-8,11-13,17,20-22,25,31H,5-6,9-10,14-16H2,1H3,(H,28,30)/t17?,21-,22?,25?,27?/m1/s1. The van der Waals surface area contributed by atoms with Crippen LogP contribution in [0.2, 0.25) is 0 Å². The summed E-state index contributed by atoms with van der Waals surface area (Å²) in [4.78, 5) is 16.0. The molecule has 0 spiro atoms. The maximum Gasteiger partial charge on any atom is 0.257 e. The zero-order valence-corrected chi connectivity index (χ0v) is 19.1. The highest BCUT2D eigenvalue weighted by molar-refractivity contribution is 5.87. The van der Waals surface area contributed by atoms with E-state index >= 15 is 0 Å². The molecule has 2 heterocycles. The van der Waals surface area contributed by atoms with Crippen LogP contribution in [-0.2, 0) is 10.4 Å². The highest BCUT2D eigenvalue weighted by atomic mass is 16.7. The normalized spacial score (nSPS) is 28.8. The third-order valence-corrected chi connectivity index (χ3v) is 8.45. The van der Waals surface area contributed by atoms with E-state index in [1.54, 1.807) is 0 Å². The molecule has 4 aliphatic rings. The highest BCUT2D eigenvalue weighted by Gasteiger charge is 2.59. The number of carbonyl (C=O) groups is 1. The molecule has 5 atom stereocenters. The van der Waals surface area contributed by atoms with E-state index in [2.05, 4.69) is 29.3 Å². The first-order valence-electron chi connectivity index (χ1n) is 12.3. The van der Waals surface area contributed by atoms with E-state index < -0.39 is 5.60 Å². The van der Waals surface area contributed by atoms with Gasteiger partial charge < -0.3 is 19.9 Å². The Morgan fingerprint density at radius 1 is 1.06 bits per heavy atom. The zero-order valence-electron chi connectivity index (χ0n) is 19.1. The number of benzene rings is 2. The van der Waals surface area contributed by atoms with Gasteiger partial charge in [-0.1, -0.05) is 49.2 Å². The number of nitrogens with zero attached hydrogens (tertiary/aromatic N) is 1. The van der Waals surface area contributed by atoms with Crippen LogP contribution in [0, 0.1) is 17.8 Å². The van der Waals surface area contributed by atoms with E-state index in [1.165, 1.54) is 5.56 Å². The zero-order chi connectivity index (χ0) is 22.6. The van der Waals surface area contributed by atoms with Gasteiger partial charge in [0.2, 0.25) is 6.79 Å². The van der Waals surface area contributed by atoms with Gasteiger partial charge in [0.15, 0.2) is 17.1 Å². The van der Waals surface area contributed by atoms with Gasteiger partial charge in [0.25, 0.3) is 5.91 Å². The van der Waals surface area contributed by atoms with Gasteiger partial charge in [-0.15, -0.1) is 0 Å². The number of fused-ring (bicyclic) bond motifs is 2. The molecule has 0 radical (unpaired) electrons. The van der Waals surface area contributed by atoms with E-state index in [9.17, 15) is 9.90 Å². The van der Waals surface area contributed by atoms with Crippen LogP contribution in [0.15, 0.2) is 48.5 Å². The monoisotopic (exact) mass is 448 g/mol. The largest absolute Gasteiger partial charge is 0.454 e. The molecule has 4 unspecified atom stereocenters. The number of hydrogen-bond acceptors (Lipinski definition) is 5. The maximum absolute atomic E-state index is 13.5. The Labute approximate surface area is 194 Å². The summed E-state index contributed by atoms with van der Waals surface area (Å²) in [6.45, 7) is 4.43. The molecule has 3 fully saturated rings. The lowest BCUT2D eigenvalue weighted by molar-refractivity contribution is -0.147. The summed E-state index contributed by atoms with van der Waals surface area (Å²) in [6, 6.07) is 16.1. The van der Waals surface area contributed by atoms with Crippen LogP contribution in [0.4, 0.5) is 0 Å². The molecule has 0 bridgehead atoms. The van der Waals surface area contributed by atoms with Crippen LogP contribution in [0.3, 0.4) is 0 Å². The second-order valence-electron chi connectivity index (χ2n) is 10.2. The van der Waals surface area contributed by atoms with Crippen LogP contribution >= 0.6 is 0 Å². The minimum Gasteiger partial charge on any atom is -0.454 e. The van der Waals surface area contributed by atoms with Crippen LogP contribution in [0.25, 0.3) is 0 Å². The van der Waals surface area contributed by atoms with Crippen LogP contribution in [-0.4, -0.2) is 41.8 Å². The summed E-state index contributed by atoms with van der Waals surface area (Å²) in [5.41, 5.74) is 0.507. The van der Waals surface area contributed by atoms with E-state index in [1.807, 2.05) is 36.4 Å². The Hall–Kier alpha value is -2.57. The van der Waals surface area contributed by atoms with Crippen LogP contribution in [0.1, 0.15) is 49.8 Å². The third-order valence-electron chi connectivity index (χ3n) is 8.45. The van der Waals surface area contributed by atoms with Gasteiger partial charge in [0.1, 0.15) is 0 Å². The second kappa shape index (κ2) is 8.03. The third kappa shape index (κ3) is 3.51. The number of nitrogens with one attached hydrogen (secondary N) is 1. The minimum absolute atomic E-state index is 0.0129. The molecule has 0 aromatic heterocycles. The fourth-order valence-corrected chi connectivity index (χ4v) is 6.32. The predicted octanol–water partition coefficient (Wildman–Crippen LogP) is 3.60. The molecular formula is C27H32N2O4. The van der Waals surface area contributed by atoms with Crippen molar-refractivity contribution in [1.82, 2.24) is 10.2 Å². The summed E-state index contributed by atoms with van der Waals surface area (Å²) < 4.78 is 11.0. The topological polar surface area (TPSA) is 71.0 Å². The van der Waals surface area contributed by atoms with E-state index in [-0.39, 0.29) is 23.9 Å². The number of ether oxygens (including phenoxy) is 2. The first-order valence-corrected chi connectivity index (χ1v) is 12.3. The lowest BCUT2D eigenvalue weighted by Crippen LogP contribution is -2.51. The number of hydrogen-bond donors (Lipinski definition) is 2. The number of piperidine rings is 1. The summed E-state index contributed by atoms with van der Waals surface area (Å²) in [5.74, 6) is 2.31. The van der Waals surface area contributed by atoms with Crippen molar-refractivity contribution in [2.45, 2.75) is 50.3 Å². The fourth-order valence-electron chi connectivity index (χ4n) is 6.32. The van der Waals surface area contributed by atoms with Crippen LogP contribution in [0.5, 0.6) is 11.5 Å². The Balaban J connectivity index is 1.11. The van der Waals surface area contributed by atoms with Crippen molar-refractivity contribution in [2.24, 2.45) is 17.8 Å². The molecule has 2 aliphatic heterocycles. The van der Waals surface area contributed by atoms with Gasteiger partial charge >= 0.3 is 0 Å². The maximum atomic E-state index is 13.5. The van der Waals surface area contributed by atoms with Gasteiger partial charge in [-0.2, -0.15) is 0 Å². The lowest BCUT2D eigenvalue weighted by Gasteiger charge is -2.34. The smallest absolute Gasteiger partial charge is 0.257 e. The molecule has 1 amide bonds. The average Bonchev–Trinajstić information content (AvgIpc) is 3.40. The molecule has 6 nitrogen and oxygen atoms in total. The molecular weight excluding hydrogens is 416 g/mol.